The molecule has 3 heterocycles. The van der Waals surface area contributed by atoms with Crippen LogP contribution in [0.4, 0.5) is 5.69 Å². The van der Waals surface area contributed by atoms with Crippen LogP contribution in [-0.4, -0.2) is 19.5 Å². The lowest BCUT2D eigenvalue weighted by molar-refractivity contribution is -0.386. The highest BCUT2D eigenvalue weighted by molar-refractivity contribution is 7.18. The first-order valence-electron chi connectivity index (χ1n) is 7.67. The van der Waals surface area contributed by atoms with Gasteiger partial charge in [0.25, 0.3) is 5.43 Å². The molecular formula is C16H14N4O3S. The highest BCUT2D eigenvalue weighted by Crippen LogP contribution is 2.39. The molecular weight excluding hydrogens is 328 g/mol. The number of thiophene rings is 1. The lowest BCUT2D eigenvalue weighted by Crippen LogP contribution is -2.12. The highest BCUT2D eigenvalue weighted by atomic mass is 32.1. The van der Waals surface area contributed by atoms with Gasteiger partial charge in [0.2, 0.25) is 0 Å². The minimum Gasteiger partial charge on any atom is -0.301 e. The lowest BCUT2D eigenvalue weighted by atomic mass is 9.89. The molecule has 0 fully saturated rings. The summed E-state index contributed by atoms with van der Waals surface area (Å²) in [6.45, 7) is 2.24. The summed E-state index contributed by atoms with van der Waals surface area (Å²) in [5.74, 6) is 1.24. The van der Waals surface area contributed by atoms with Crippen LogP contribution in [-0.2, 0) is 12.8 Å². The van der Waals surface area contributed by atoms with E-state index in [9.17, 15) is 14.9 Å². The normalized spacial score (nSPS) is 17.0. The highest BCUT2D eigenvalue weighted by Gasteiger charge is 2.24. The van der Waals surface area contributed by atoms with Crippen LogP contribution in [0.2, 0.25) is 0 Å². The molecule has 0 spiro atoms. The van der Waals surface area contributed by atoms with Crippen molar-refractivity contribution in [1.82, 2.24) is 14.5 Å². The average molecular weight is 342 g/mol. The van der Waals surface area contributed by atoms with Crippen molar-refractivity contribution in [2.75, 3.05) is 0 Å². The van der Waals surface area contributed by atoms with Gasteiger partial charge >= 0.3 is 5.69 Å². The molecule has 1 aliphatic carbocycles. The molecule has 0 aromatic carbocycles. The Hall–Kier alpha value is -2.61. The van der Waals surface area contributed by atoms with Gasteiger partial charge in [-0.3, -0.25) is 14.9 Å². The van der Waals surface area contributed by atoms with Crippen LogP contribution in [0.3, 0.4) is 0 Å². The number of fused-ring (bicyclic) bond motifs is 3. The number of hydrogen-bond donors (Lipinski definition) is 0. The second-order valence-electron chi connectivity index (χ2n) is 6.09. The second kappa shape index (κ2) is 5.48. The van der Waals surface area contributed by atoms with E-state index in [4.69, 9.17) is 0 Å². The number of nitro groups is 1. The predicted octanol–water partition coefficient (Wildman–Crippen LogP) is 2.88. The van der Waals surface area contributed by atoms with E-state index in [1.165, 1.54) is 35.2 Å². The quantitative estimate of drug-likeness (QED) is 0.527. The molecule has 0 N–H and O–H groups in total. The van der Waals surface area contributed by atoms with Gasteiger partial charge in [0.1, 0.15) is 17.0 Å². The summed E-state index contributed by atoms with van der Waals surface area (Å²) in [4.78, 5) is 32.9. The summed E-state index contributed by atoms with van der Waals surface area (Å²) in [6.07, 6.45) is 7.32. The van der Waals surface area contributed by atoms with E-state index in [1.807, 2.05) is 0 Å². The molecule has 7 nitrogen and oxygen atoms in total. The molecule has 1 unspecified atom stereocenters. The number of aryl methyl sites for hydroxylation is 1. The molecule has 4 rings (SSSR count). The molecule has 3 aromatic rings. The second-order valence-corrected chi connectivity index (χ2v) is 7.17. The molecule has 1 atom stereocenters. The Morgan fingerprint density at radius 3 is 3.04 bits per heavy atom. The predicted molar refractivity (Wildman–Crippen MR) is 90.9 cm³/mol. The molecule has 8 heteroatoms. The van der Waals surface area contributed by atoms with Crippen molar-refractivity contribution in [2.45, 2.75) is 26.2 Å². The van der Waals surface area contributed by atoms with Crippen LogP contribution in [0.25, 0.3) is 16.0 Å². The Balaban J connectivity index is 1.96. The fourth-order valence-electron chi connectivity index (χ4n) is 3.19. The van der Waals surface area contributed by atoms with Crippen molar-refractivity contribution in [3.8, 4) is 5.82 Å². The maximum absolute atomic E-state index is 11.6. The third kappa shape index (κ3) is 2.30. The van der Waals surface area contributed by atoms with Crippen LogP contribution in [0.15, 0.2) is 29.6 Å². The molecule has 0 aliphatic heterocycles. The van der Waals surface area contributed by atoms with E-state index in [2.05, 4.69) is 16.9 Å². The van der Waals surface area contributed by atoms with Crippen molar-refractivity contribution in [1.29, 1.82) is 0 Å². The monoisotopic (exact) mass is 342 g/mol. The summed E-state index contributed by atoms with van der Waals surface area (Å²) in [5, 5.41) is 12.0. The fraction of sp³-hybridized carbons (Fsp3) is 0.312. The standard InChI is InChI=1S/C16H14N4O3S/c1-9-2-3-10-13(6-9)24-16-14(10)15(17-8-18-16)19-5-4-12(21)11(7-19)20(22)23/h4-5,7-9H,2-3,6H2,1H3. The molecule has 24 heavy (non-hydrogen) atoms. The Morgan fingerprint density at radius 1 is 1.42 bits per heavy atom. The van der Waals surface area contributed by atoms with Crippen molar-refractivity contribution < 1.29 is 4.92 Å². The maximum Gasteiger partial charge on any atom is 0.332 e. The number of nitrogens with zero attached hydrogens (tertiary/aromatic N) is 4. The Labute approximate surface area is 140 Å². The Kier molecular flexibility index (Phi) is 3.42. The van der Waals surface area contributed by atoms with Gasteiger partial charge in [-0.25, -0.2) is 9.97 Å². The number of hydrogen-bond acceptors (Lipinski definition) is 6. The van der Waals surface area contributed by atoms with E-state index in [-0.39, 0.29) is 0 Å². The van der Waals surface area contributed by atoms with E-state index in [1.54, 1.807) is 15.9 Å². The van der Waals surface area contributed by atoms with Crippen LogP contribution in [0.5, 0.6) is 0 Å². The molecule has 0 saturated carbocycles. The van der Waals surface area contributed by atoms with Crippen LogP contribution < -0.4 is 5.43 Å². The van der Waals surface area contributed by atoms with Crippen LogP contribution in [0, 0.1) is 16.0 Å². The minimum atomic E-state index is -0.665. The summed E-state index contributed by atoms with van der Waals surface area (Å²) in [6, 6.07) is 1.20. The number of pyridine rings is 1. The molecule has 0 saturated heterocycles. The minimum absolute atomic E-state index is 0.456. The van der Waals surface area contributed by atoms with Crippen molar-refractivity contribution >= 4 is 27.2 Å². The molecule has 122 valence electrons. The largest absolute Gasteiger partial charge is 0.332 e. The van der Waals surface area contributed by atoms with Gasteiger partial charge in [-0.2, -0.15) is 0 Å². The van der Waals surface area contributed by atoms with Gasteiger partial charge < -0.3 is 4.57 Å². The van der Waals surface area contributed by atoms with Crippen molar-refractivity contribution in [2.24, 2.45) is 5.92 Å². The first kappa shape index (κ1) is 14.9. The zero-order valence-electron chi connectivity index (χ0n) is 12.9. The van der Waals surface area contributed by atoms with Gasteiger partial charge in [-0.1, -0.05) is 6.92 Å². The number of rotatable bonds is 2. The van der Waals surface area contributed by atoms with Gasteiger partial charge in [0, 0.05) is 17.1 Å². The Morgan fingerprint density at radius 2 is 2.25 bits per heavy atom. The Bertz CT molecular complexity index is 1020. The first-order valence-corrected chi connectivity index (χ1v) is 8.48. The zero-order valence-corrected chi connectivity index (χ0v) is 13.7. The molecule has 3 aromatic heterocycles. The summed E-state index contributed by atoms with van der Waals surface area (Å²) in [5.41, 5.74) is 0.176. The summed E-state index contributed by atoms with van der Waals surface area (Å²) >= 11 is 1.67. The molecule has 0 amide bonds. The third-order valence-electron chi connectivity index (χ3n) is 4.41. The van der Waals surface area contributed by atoms with Gasteiger partial charge in [0.05, 0.1) is 16.5 Å². The van der Waals surface area contributed by atoms with Crippen molar-refractivity contribution in [3.63, 3.8) is 0 Å². The third-order valence-corrected chi connectivity index (χ3v) is 5.58. The molecule has 0 radical (unpaired) electrons. The number of aromatic nitrogens is 3. The van der Waals surface area contributed by atoms with Gasteiger partial charge in [-0.15, -0.1) is 11.3 Å². The van der Waals surface area contributed by atoms with Crippen LogP contribution >= 0.6 is 11.3 Å². The van der Waals surface area contributed by atoms with Crippen LogP contribution in [0.1, 0.15) is 23.8 Å². The topological polar surface area (TPSA) is 90.9 Å². The van der Waals surface area contributed by atoms with E-state index in [0.717, 1.165) is 29.5 Å². The SMILES string of the molecule is CC1CCc2c(sc3ncnc(-n4ccc(=O)c([N+](=O)[O-])c4)c23)C1. The van der Waals surface area contributed by atoms with E-state index >= 15 is 0 Å². The van der Waals surface area contributed by atoms with E-state index in [0.29, 0.717) is 11.7 Å². The smallest absolute Gasteiger partial charge is 0.301 e. The summed E-state index contributed by atoms with van der Waals surface area (Å²) in [7, 11) is 0. The first-order chi connectivity index (χ1) is 11.5. The zero-order chi connectivity index (χ0) is 16.8. The van der Waals surface area contributed by atoms with Gasteiger partial charge in [-0.05, 0) is 30.7 Å². The average Bonchev–Trinajstić information content (AvgIpc) is 2.92. The van der Waals surface area contributed by atoms with Crippen molar-refractivity contribution in [3.05, 3.63) is 55.6 Å². The lowest BCUT2D eigenvalue weighted by Gasteiger charge is -2.18. The fourth-order valence-corrected chi connectivity index (χ4v) is 4.54. The van der Waals surface area contributed by atoms with E-state index < -0.39 is 16.0 Å². The summed E-state index contributed by atoms with van der Waals surface area (Å²) < 4.78 is 1.55. The van der Waals surface area contributed by atoms with Gasteiger partial charge in [0.15, 0.2) is 0 Å². The molecule has 1 aliphatic rings. The maximum atomic E-state index is 11.6. The molecule has 0 bridgehead atoms.